The van der Waals surface area contributed by atoms with E-state index in [9.17, 15) is 18.0 Å². The second kappa shape index (κ2) is 6.48. The highest BCUT2D eigenvalue weighted by molar-refractivity contribution is 7.71. The molecule has 1 amide bonds. The Morgan fingerprint density at radius 2 is 1.86 bits per heavy atom. The molecule has 3 heterocycles. The van der Waals surface area contributed by atoms with E-state index in [0.29, 0.717) is 39.0 Å². The number of aromatic nitrogens is 2. The molecule has 152 valence electrons. The molecule has 1 N–H and O–H groups in total. The number of rotatable bonds is 3. The lowest BCUT2D eigenvalue weighted by molar-refractivity contribution is -0.132. The second-order valence-corrected chi connectivity index (χ2v) is 8.67. The monoisotopic (exact) mass is 415 g/mol. The molecule has 0 atom stereocenters. The van der Waals surface area contributed by atoms with Crippen molar-refractivity contribution >= 4 is 33.2 Å². The summed E-state index contributed by atoms with van der Waals surface area (Å²) in [4.78, 5) is 29.6. The normalized spacial score (nSPS) is 15.6. The van der Waals surface area contributed by atoms with Crippen molar-refractivity contribution in [1.82, 2.24) is 9.55 Å². The Bertz CT molecular complexity index is 1290. The number of nitrogens with one attached hydrogen (secondary N) is 1. The van der Waals surface area contributed by atoms with Gasteiger partial charge in [-0.15, -0.1) is 0 Å². The molecule has 9 heteroatoms. The lowest BCUT2D eigenvalue weighted by atomic mass is 9.96. The number of benzene rings is 1. The molecule has 29 heavy (non-hydrogen) atoms. The van der Waals surface area contributed by atoms with Crippen LogP contribution >= 0.6 is 0 Å². The minimum atomic E-state index is -2.66. The maximum Gasteiger partial charge on any atom is 0.274 e. The van der Waals surface area contributed by atoms with Crippen molar-refractivity contribution < 1.29 is 17.9 Å². The lowest BCUT2D eigenvalue weighted by Gasteiger charge is -2.38. The predicted octanol–water partition coefficient (Wildman–Crippen LogP) is 1.78. The summed E-state index contributed by atoms with van der Waals surface area (Å²) in [5, 5.41) is 0.694. The summed E-state index contributed by atoms with van der Waals surface area (Å²) >= 11 is 0. The first-order chi connectivity index (χ1) is 13.6. The van der Waals surface area contributed by atoms with E-state index in [1.165, 1.54) is 9.47 Å². The minimum Gasteiger partial charge on any atom is -0.475 e. The highest BCUT2D eigenvalue weighted by atomic mass is 32.2. The van der Waals surface area contributed by atoms with Gasteiger partial charge in [0.1, 0.15) is 16.2 Å². The van der Waals surface area contributed by atoms with Gasteiger partial charge in [0.2, 0.25) is 0 Å². The number of carbonyl (C=O) groups excluding carboxylic acids is 1. The molecule has 2 aromatic heterocycles. The van der Waals surface area contributed by atoms with Gasteiger partial charge in [-0.25, -0.2) is 8.42 Å². The van der Waals surface area contributed by atoms with Gasteiger partial charge >= 0.3 is 0 Å². The quantitative estimate of drug-likeness (QED) is 0.635. The van der Waals surface area contributed by atoms with E-state index >= 15 is 0 Å². The van der Waals surface area contributed by atoms with Crippen LogP contribution in [0.5, 0.6) is 5.75 Å². The first-order valence-corrected chi connectivity index (χ1v) is 10.4. The van der Waals surface area contributed by atoms with Gasteiger partial charge in [-0.3, -0.25) is 9.59 Å². The fourth-order valence-corrected chi connectivity index (χ4v) is 4.24. The van der Waals surface area contributed by atoms with E-state index in [1.54, 1.807) is 58.5 Å². The van der Waals surface area contributed by atoms with Gasteiger partial charge in [-0.05, 0) is 37.6 Å². The highest BCUT2D eigenvalue weighted by Crippen LogP contribution is 2.46. The van der Waals surface area contributed by atoms with Gasteiger partial charge in [0, 0.05) is 43.0 Å². The number of hydrogen-bond acceptors (Lipinski definition) is 5. The molecule has 0 radical (unpaired) electrons. The van der Waals surface area contributed by atoms with Crippen LogP contribution in [0.1, 0.15) is 19.4 Å². The van der Waals surface area contributed by atoms with Crippen LogP contribution in [0.3, 0.4) is 0 Å². The number of ether oxygens (including phenoxy) is 1. The van der Waals surface area contributed by atoms with Crippen molar-refractivity contribution in [2.75, 3.05) is 11.9 Å². The van der Waals surface area contributed by atoms with Crippen LogP contribution in [-0.2, 0) is 28.3 Å². The molecule has 0 aliphatic carbocycles. The third-order valence-electron chi connectivity index (χ3n) is 5.16. The Labute approximate surface area is 168 Å². The fourth-order valence-electron chi connectivity index (χ4n) is 3.76. The van der Waals surface area contributed by atoms with Crippen LogP contribution in [0, 0.1) is 0 Å². The number of thiol groups is 1. The Hall–Kier alpha value is -3.07. The zero-order valence-electron chi connectivity index (χ0n) is 16.5. The summed E-state index contributed by atoms with van der Waals surface area (Å²) in [5.41, 5.74) is 1.56. The Balaban J connectivity index is 2.09. The molecular formula is C20H21N3O5S. The summed E-state index contributed by atoms with van der Waals surface area (Å²) in [6, 6.07) is 5.20. The highest BCUT2D eigenvalue weighted by Gasteiger charge is 2.40. The molecule has 0 bridgehead atoms. The third-order valence-corrected chi connectivity index (χ3v) is 5.79. The number of fused-ring (bicyclic) bond motifs is 2. The largest absolute Gasteiger partial charge is 0.475 e. The maximum atomic E-state index is 12.7. The summed E-state index contributed by atoms with van der Waals surface area (Å²) in [7, 11) is 0.634. The molecule has 0 saturated carbocycles. The van der Waals surface area contributed by atoms with Crippen LogP contribution in [0.4, 0.5) is 5.69 Å². The zero-order chi connectivity index (χ0) is 21.1. The van der Waals surface area contributed by atoms with Crippen LogP contribution in [-0.4, -0.2) is 36.5 Å². The summed E-state index contributed by atoms with van der Waals surface area (Å²) in [5.74, 6) is 0.0817. The molecule has 4 rings (SSSR count). The molecule has 0 unspecified atom stereocenters. The number of nitrogens with zero attached hydrogens (tertiary/aromatic N) is 2. The molecule has 8 nitrogen and oxygen atoms in total. The van der Waals surface area contributed by atoms with Crippen molar-refractivity contribution in [2.24, 2.45) is 7.05 Å². The van der Waals surface area contributed by atoms with Crippen LogP contribution in [0.25, 0.3) is 22.0 Å². The molecule has 0 spiro atoms. The van der Waals surface area contributed by atoms with Gasteiger partial charge in [-0.1, -0.05) is 0 Å². The number of likely N-dealkylation sites (N-methyl/N-ethyl adjacent to an activating group) is 1. The van der Waals surface area contributed by atoms with Gasteiger partial charge in [0.15, 0.2) is 11.4 Å². The van der Waals surface area contributed by atoms with Crippen molar-refractivity contribution in [3.8, 4) is 16.9 Å². The predicted molar refractivity (Wildman–Crippen MR) is 111 cm³/mol. The molecule has 1 aliphatic rings. The maximum absolute atomic E-state index is 12.7. The summed E-state index contributed by atoms with van der Waals surface area (Å²) < 4.78 is 30.3. The van der Waals surface area contributed by atoms with E-state index in [1.807, 2.05) is 0 Å². The number of aryl methyl sites for hydroxylation is 1. The summed E-state index contributed by atoms with van der Waals surface area (Å²) in [6.45, 7) is 3.38. The number of amides is 1. The van der Waals surface area contributed by atoms with Crippen LogP contribution in [0.15, 0.2) is 35.4 Å². The Kier molecular flexibility index (Phi) is 4.30. The van der Waals surface area contributed by atoms with Crippen LogP contribution in [0.2, 0.25) is 0 Å². The number of aromatic amines is 1. The standard InChI is InChI=1S/C20H21N3O5S/c1-20(2)19(25)23(4)15-8-11(10-29(26)27)7-13(17(15)28-20)14-9-22(3)18(24)16-12(14)5-6-21-16/h5-9,21,29H,10H2,1-4H3. The molecule has 0 saturated heterocycles. The number of carbonyl (C=O) groups is 1. The SMILES string of the molecule is CN1C(=O)C(C)(C)Oc2c(-c3cn(C)c(=O)c4[nH]ccc34)cc(C[SH](=O)=O)cc21. The van der Waals surface area contributed by atoms with Crippen LogP contribution < -0.4 is 15.2 Å². The fraction of sp³-hybridized carbons (Fsp3) is 0.300. The van der Waals surface area contributed by atoms with Crippen molar-refractivity contribution in [1.29, 1.82) is 0 Å². The van der Waals surface area contributed by atoms with E-state index in [2.05, 4.69) is 4.98 Å². The topological polar surface area (TPSA) is 101 Å². The Morgan fingerprint density at radius 3 is 2.55 bits per heavy atom. The van der Waals surface area contributed by atoms with E-state index < -0.39 is 16.3 Å². The molecule has 0 fully saturated rings. The second-order valence-electron chi connectivity index (χ2n) is 7.68. The zero-order valence-corrected chi connectivity index (χ0v) is 17.4. The lowest BCUT2D eigenvalue weighted by Crippen LogP contribution is -2.51. The number of hydrogen-bond donors (Lipinski definition) is 2. The van der Waals surface area contributed by atoms with Gasteiger partial charge in [0.25, 0.3) is 11.5 Å². The van der Waals surface area contributed by atoms with Crippen molar-refractivity contribution in [3.63, 3.8) is 0 Å². The molecular weight excluding hydrogens is 394 g/mol. The minimum absolute atomic E-state index is 0.164. The van der Waals surface area contributed by atoms with Gasteiger partial charge < -0.3 is 19.2 Å². The van der Waals surface area contributed by atoms with E-state index in [-0.39, 0.29) is 17.2 Å². The van der Waals surface area contributed by atoms with Crippen molar-refractivity contribution in [3.05, 3.63) is 46.5 Å². The number of H-pyrrole nitrogens is 1. The van der Waals surface area contributed by atoms with E-state index in [0.717, 1.165) is 0 Å². The van der Waals surface area contributed by atoms with Gasteiger partial charge in [0.05, 0.1) is 11.4 Å². The van der Waals surface area contributed by atoms with Gasteiger partial charge in [-0.2, -0.15) is 0 Å². The smallest absolute Gasteiger partial charge is 0.274 e. The number of pyridine rings is 1. The average Bonchev–Trinajstić information content (AvgIpc) is 3.13. The average molecular weight is 415 g/mol. The first-order valence-electron chi connectivity index (χ1n) is 9.03. The third kappa shape index (κ3) is 3.02. The summed E-state index contributed by atoms with van der Waals surface area (Å²) in [6.07, 6.45) is 3.38. The Morgan fingerprint density at radius 1 is 1.14 bits per heavy atom. The van der Waals surface area contributed by atoms with Crippen molar-refractivity contribution in [2.45, 2.75) is 25.2 Å². The molecule has 3 aromatic rings. The molecule has 1 aliphatic heterocycles. The first kappa shape index (κ1) is 19.3. The van der Waals surface area contributed by atoms with E-state index in [4.69, 9.17) is 4.74 Å². The molecule has 1 aromatic carbocycles. The number of anilines is 1.